The van der Waals surface area contributed by atoms with Crippen molar-refractivity contribution < 1.29 is 14.6 Å². The highest BCUT2D eigenvalue weighted by molar-refractivity contribution is 4.41. The lowest BCUT2D eigenvalue weighted by molar-refractivity contribution is -1.12. The van der Waals surface area contributed by atoms with Crippen molar-refractivity contribution in [2.24, 2.45) is 0 Å². The zero-order valence-corrected chi connectivity index (χ0v) is 10.1. The zero-order chi connectivity index (χ0) is 11.0. The molecule has 1 N–H and O–H groups in total. The molecule has 86 valence electrons. The van der Waals surface area contributed by atoms with E-state index in [0.29, 0.717) is 6.54 Å². The molecule has 0 aliphatic carbocycles. The van der Waals surface area contributed by atoms with E-state index in [9.17, 15) is 5.21 Å². The van der Waals surface area contributed by atoms with E-state index in [1.165, 1.54) is 12.8 Å². The summed E-state index contributed by atoms with van der Waals surface area (Å²) in [7, 11) is 1.80. The number of unbranched alkanes of at least 4 members (excludes halogenated alkanes) is 2. The van der Waals surface area contributed by atoms with E-state index in [1.54, 1.807) is 7.05 Å². The van der Waals surface area contributed by atoms with Gasteiger partial charge in [-0.2, -0.15) is 4.65 Å². The first-order valence-electron chi connectivity index (χ1n) is 5.78. The van der Waals surface area contributed by atoms with Crippen molar-refractivity contribution in [2.75, 3.05) is 20.2 Å². The Morgan fingerprint density at radius 2 is 1.86 bits per heavy atom. The van der Waals surface area contributed by atoms with Crippen LogP contribution in [-0.2, 0) is 4.74 Å². The first kappa shape index (κ1) is 13.9. The van der Waals surface area contributed by atoms with E-state index in [1.807, 2.05) is 13.8 Å². The minimum Gasteiger partial charge on any atom is -0.327 e. The topological polar surface area (TPSA) is 29.5 Å². The van der Waals surface area contributed by atoms with Crippen molar-refractivity contribution in [1.29, 1.82) is 0 Å². The molecule has 0 aromatic carbocycles. The number of quaternary nitrogens is 1. The van der Waals surface area contributed by atoms with Crippen molar-refractivity contribution in [3.05, 3.63) is 0 Å². The lowest BCUT2D eigenvalue weighted by Crippen LogP contribution is -2.50. The van der Waals surface area contributed by atoms with Gasteiger partial charge in [-0.3, -0.25) is 0 Å². The highest BCUT2D eigenvalue weighted by Gasteiger charge is 2.28. The molecule has 0 radical (unpaired) electrons. The molecule has 0 aromatic heterocycles. The lowest BCUT2D eigenvalue weighted by Gasteiger charge is -2.31. The molecule has 0 aromatic rings. The molecular weight excluding hydrogens is 178 g/mol. The maximum atomic E-state index is 9.95. The first-order chi connectivity index (χ1) is 6.58. The van der Waals surface area contributed by atoms with Gasteiger partial charge in [0, 0.05) is 6.42 Å². The van der Waals surface area contributed by atoms with Gasteiger partial charge >= 0.3 is 0 Å². The Bertz CT molecular complexity index is 137. The Hall–Kier alpha value is -0.120. The Morgan fingerprint density at radius 1 is 1.21 bits per heavy atom. The molecule has 0 spiro atoms. The Balaban J connectivity index is 3.79. The summed E-state index contributed by atoms with van der Waals surface area (Å²) in [6.07, 6.45) is 4.29. The minimum absolute atomic E-state index is 0.0252. The summed E-state index contributed by atoms with van der Waals surface area (Å²) in [5, 5.41) is 9.95. The molecule has 2 unspecified atom stereocenters. The summed E-state index contributed by atoms with van der Waals surface area (Å²) < 4.78 is 5.65. The average molecular weight is 204 g/mol. The fourth-order valence-electron chi connectivity index (χ4n) is 1.45. The summed E-state index contributed by atoms with van der Waals surface area (Å²) in [4.78, 5) is 0. The van der Waals surface area contributed by atoms with Crippen LogP contribution in [0.1, 0.15) is 46.5 Å². The summed E-state index contributed by atoms with van der Waals surface area (Å²) >= 11 is 0. The predicted octanol–water partition coefficient (Wildman–Crippen LogP) is 2.79. The van der Waals surface area contributed by atoms with E-state index >= 15 is 0 Å². The third kappa shape index (κ3) is 4.94. The SMILES string of the molecule is CCCCCOC(CC)[N+](C)(O)CC. The molecule has 0 bridgehead atoms. The van der Waals surface area contributed by atoms with E-state index in [0.717, 1.165) is 19.4 Å². The van der Waals surface area contributed by atoms with E-state index in [2.05, 4.69) is 6.92 Å². The predicted molar refractivity (Wildman–Crippen MR) is 58.1 cm³/mol. The number of hydrogen-bond acceptors (Lipinski definition) is 2. The smallest absolute Gasteiger partial charge is 0.222 e. The number of hydrogen-bond donors (Lipinski definition) is 1. The molecule has 0 heterocycles. The minimum atomic E-state index is -0.0724. The lowest BCUT2D eigenvalue weighted by atomic mass is 10.3. The molecule has 0 amide bonds. The second-order valence-electron chi connectivity index (χ2n) is 3.97. The number of hydroxylamine groups is 3. The Labute approximate surface area is 88.2 Å². The van der Waals surface area contributed by atoms with Crippen molar-refractivity contribution in [2.45, 2.75) is 52.7 Å². The van der Waals surface area contributed by atoms with Crippen molar-refractivity contribution >= 4 is 0 Å². The van der Waals surface area contributed by atoms with Gasteiger partial charge in [0.15, 0.2) is 0 Å². The zero-order valence-electron chi connectivity index (χ0n) is 10.1. The third-order valence-electron chi connectivity index (χ3n) is 2.67. The largest absolute Gasteiger partial charge is 0.327 e. The van der Waals surface area contributed by atoms with E-state index in [-0.39, 0.29) is 10.9 Å². The van der Waals surface area contributed by atoms with Gasteiger partial charge in [0.05, 0.1) is 6.61 Å². The standard InChI is InChI=1S/C11H26NO2/c1-5-8-9-10-14-11(6-2)12(4,13)7-3/h11,13H,5-10H2,1-4H3/q+1. The van der Waals surface area contributed by atoms with Crippen LogP contribution in [-0.4, -0.2) is 36.3 Å². The average Bonchev–Trinajstić information content (AvgIpc) is 2.17. The van der Waals surface area contributed by atoms with Crippen LogP contribution in [0.3, 0.4) is 0 Å². The highest BCUT2D eigenvalue weighted by Crippen LogP contribution is 2.12. The van der Waals surface area contributed by atoms with Gasteiger partial charge in [-0.05, 0) is 13.3 Å². The van der Waals surface area contributed by atoms with Crippen LogP contribution in [0.5, 0.6) is 0 Å². The molecule has 2 atom stereocenters. The Kier molecular flexibility index (Phi) is 7.15. The molecule has 0 fully saturated rings. The molecule has 3 heteroatoms. The molecule has 0 saturated heterocycles. The van der Waals surface area contributed by atoms with Crippen LogP contribution < -0.4 is 0 Å². The quantitative estimate of drug-likeness (QED) is 0.285. The molecular formula is C11H26NO2+. The molecule has 0 aliphatic heterocycles. The molecule has 0 aliphatic rings. The number of rotatable bonds is 8. The number of nitrogens with zero attached hydrogens (tertiary/aromatic N) is 1. The van der Waals surface area contributed by atoms with Crippen LogP contribution in [0.4, 0.5) is 0 Å². The van der Waals surface area contributed by atoms with Gasteiger partial charge in [0.25, 0.3) is 0 Å². The van der Waals surface area contributed by atoms with Gasteiger partial charge in [-0.1, -0.05) is 26.7 Å². The second-order valence-corrected chi connectivity index (χ2v) is 3.97. The van der Waals surface area contributed by atoms with Gasteiger partial charge in [-0.15, -0.1) is 0 Å². The summed E-state index contributed by atoms with van der Waals surface area (Å²) in [5.74, 6) is 0. The van der Waals surface area contributed by atoms with E-state index < -0.39 is 0 Å². The Morgan fingerprint density at radius 3 is 2.29 bits per heavy atom. The normalized spacial score (nSPS) is 17.8. The first-order valence-corrected chi connectivity index (χ1v) is 5.78. The maximum Gasteiger partial charge on any atom is 0.222 e. The second kappa shape index (κ2) is 7.21. The van der Waals surface area contributed by atoms with Gasteiger partial charge < -0.3 is 4.74 Å². The van der Waals surface area contributed by atoms with Crippen LogP contribution >= 0.6 is 0 Å². The van der Waals surface area contributed by atoms with Crippen LogP contribution in [0, 0.1) is 0 Å². The molecule has 0 rings (SSSR count). The maximum absolute atomic E-state index is 9.95. The highest BCUT2D eigenvalue weighted by atomic mass is 16.6. The summed E-state index contributed by atoms with van der Waals surface area (Å²) in [6, 6.07) is 0. The summed E-state index contributed by atoms with van der Waals surface area (Å²) in [5.41, 5.74) is 0. The molecule has 0 saturated carbocycles. The van der Waals surface area contributed by atoms with Crippen LogP contribution in [0.25, 0.3) is 0 Å². The van der Waals surface area contributed by atoms with Gasteiger partial charge in [-0.25, -0.2) is 5.21 Å². The van der Waals surface area contributed by atoms with Gasteiger partial charge in [0.2, 0.25) is 6.23 Å². The fraction of sp³-hybridized carbons (Fsp3) is 1.00. The van der Waals surface area contributed by atoms with Crippen LogP contribution in [0.2, 0.25) is 0 Å². The van der Waals surface area contributed by atoms with Gasteiger partial charge in [0.1, 0.15) is 13.6 Å². The van der Waals surface area contributed by atoms with E-state index in [4.69, 9.17) is 4.74 Å². The van der Waals surface area contributed by atoms with Crippen molar-refractivity contribution in [1.82, 2.24) is 0 Å². The van der Waals surface area contributed by atoms with Crippen molar-refractivity contribution in [3.8, 4) is 0 Å². The van der Waals surface area contributed by atoms with Crippen LogP contribution in [0.15, 0.2) is 0 Å². The monoisotopic (exact) mass is 204 g/mol. The molecule has 3 nitrogen and oxygen atoms in total. The van der Waals surface area contributed by atoms with Crippen molar-refractivity contribution in [3.63, 3.8) is 0 Å². The summed E-state index contributed by atoms with van der Waals surface area (Å²) in [6.45, 7) is 7.65. The fourth-order valence-corrected chi connectivity index (χ4v) is 1.45. The number of ether oxygens (including phenoxy) is 1. The third-order valence-corrected chi connectivity index (χ3v) is 2.67. The molecule has 14 heavy (non-hydrogen) atoms.